The van der Waals surface area contributed by atoms with Crippen LogP contribution >= 0.6 is 11.6 Å². The van der Waals surface area contributed by atoms with Gasteiger partial charge in [-0.3, -0.25) is 13.9 Å². The number of anilines is 1. The lowest BCUT2D eigenvalue weighted by Crippen LogP contribution is -2.51. The summed E-state index contributed by atoms with van der Waals surface area (Å²) in [5, 5.41) is 3.35. The number of carbonyl (C=O) groups excluding carboxylic acids is 2. The van der Waals surface area contributed by atoms with Crippen LogP contribution in [0.1, 0.15) is 25.8 Å². The van der Waals surface area contributed by atoms with Gasteiger partial charge in [-0.2, -0.15) is 0 Å². The van der Waals surface area contributed by atoms with Crippen molar-refractivity contribution in [3.05, 3.63) is 65.2 Å². The van der Waals surface area contributed by atoms with Gasteiger partial charge in [0.2, 0.25) is 21.8 Å². The van der Waals surface area contributed by atoms with Crippen LogP contribution in [-0.2, 0) is 26.2 Å². The zero-order chi connectivity index (χ0) is 23.0. The normalized spacial score (nSPS) is 12.1. The lowest BCUT2D eigenvalue weighted by atomic mass is 10.1. The van der Waals surface area contributed by atoms with E-state index in [1.165, 1.54) is 4.90 Å². The molecule has 7 nitrogen and oxygen atoms in total. The molecule has 1 atom stereocenters. The summed E-state index contributed by atoms with van der Waals surface area (Å²) in [6, 6.07) is 14.6. The van der Waals surface area contributed by atoms with Crippen LogP contribution in [0.4, 0.5) is 5.69 Å². The topological polar surface area (TPSA) is 86.8 Å². The Morgan fingerprint density at radius 1 is 1.06 bits per heavy atom. The number of amides is 2. The number of nitrogens with zero attached hydrogens (tertiary/aromatic N) is 2. The highest BCUT2D eigenvalue weighted by molar-refractivity contribution is 7.92. The van der Waals surface area contributed by atoms with Crippen molar-refractivity contribution in [2.24, 2.45) is 0 Å². The fourth-order valence-corrected chi connectivity index (χ4v) is 3.95. The van der Waals surface area contributed by atoms with Gasteiger partial charge in [-0.25, -0.2) is 8.42 Å². The Labute approximate surface area is 189 Å². The average Bonchev–Trinajstić information content (AvgIpc) is 2.74. The Hall–Kier alpha value is -2.58. The first-order chi connectivity index (χ1) is 14.6. The minimum Gasteiger partial charge on any atom is -0.354 e. The maximum atomic E-state index is 13.3. The Balaban J connectivity index is 2.32. The summed E-state index contributed by atoms with van der Waals surface area (Å²) >= 11 is 5.95. The van der Waals surface area contributed by atoms with Gasteiger partial charge >= 0.3 is 0 Å². The molecular weight excluding hydrogens is 438 g/mol. The molecule has 0 aliphatic carbocycles. The number of carbonyl (C=O) groups is 2. The largest absolute Gasteiger partial charge is 0.354 e. The molecule has 31 heavy (non-hydrogen) atoms. The molecule has 0 bridgehead atoms. The number of para-hydroxylation sites is 1. The SMILES string of the molecule is CCCNC(=O)C(C)N(Cc1ccc(Cl)cc1)C(=O)CN(c1ccccc1)S(C)(=O)=O. The van der Waals surface area contributed by atoms with Gasteiger partial charge in [0.15, 0.2) is 0 Å². The van der Waals surface area contributed by atoms with Crippen LogP contribution in [0.2, 0.25) is 5.02 Å². The van der Waals surface area contributed by atoms with Crippen LogP contribution in [0, 0.1) is 0 Å². The predicted octanol–water partition coefficient (Wildman–Crippen LogP) is 3.05. The molecule has 2 rings (SSSR count). The lowest BCUT2D eigenvalue weighted by molar-refractivity contribution is -0.139. The Kier molecular flexibility index (Phi) is 8.88. The monoisotopic (exact) mass is 465 g/mol. The third-order valence-electron chi connectivity index (χ3n) is 4.71. The summed E-state index contributed by atoms with van der Waals surface area (Å²) in [6.45, 7) is 3.79. The van der Waals surface area contributed by atoms with E-state index in [-0.39, 0.29) is 12.5 Å². The maximum absolute atomic E-state index is 13.3. The summed E-state index contributed by atoms with van der Waals surface area (Å²) < 4.78 is 25.8. The minimum absolute atomic E-state index is 0.142. The first-order valence-electron chi connectivity index (χ1n) is 9.98. The van der Waals surface area contributed by atoms with Crippen molar-refractivity contribution < 1.29 is 18.0 Å². The number of hydrogen-bond acceptors (Lipinski definition) is 4. The van der Waals surface area contributed by atoms with E-state index in [1.807, 2.05) is 6.92 Å². The van der Waals surface area contributed by atoms with Gasteiger partial charge in [0.05, 0.1) is 11.9 Å². The molecule has 0 saturated heterocycles. The van der Waals surface area contributed by atoms with Gasteiger partial charge in [0, 0.05) is 18.1 Å². The molecule has 0 aliphatic rings. The summed E-state index contributed by atoms with van der Waals surface area (Å²) in [5.41, 5.74) is 1.16. The molecule has 2 amide bonds. The van der Waals surface area contributed by atoms with Crippen LogP contribution in [0.3, 0.4) is 0 Å². The molecule has 1 unspecified atom stereocenters. The Bertz CT molecular complexity index is 982. The molecule has 0 spiro atoms. The number of halogens is 1. The molecule has 1 N–H and O–H groups in total. The zero-order valence-electron chi connectivity index (χ0n) is 17.9. The average molecular weight is 466 g/mol. The van der Waals surface area contributed by atoms with Crippen molar-refractivity contribution in [1.82, 2.24) is 10.2 Å². The quantitative estimate of drug-likeness (QED) is 0.584. The van der Waals surface area contributed by atoms with E-state index in [2.05, 4.69) is 5.32 Å². The summed E-state index contributed by atoms with van der Waals surface area (Å²) in [4.78, 5) is 27.2. The molecule has 0 aromatic heterocycles. The molecule has 2 aromatic carbocycles. The second-order valence-electron chi connectivity index (χ2n) is 7.22. The summed E-state index contributed by atoms with van der Waals surface area (Å²) in [6.07, 6.45) is 1.81. The second-order valence-corrected chi connectivity index (χ2v) is 9.56. The van der Waals surface area contributed by atoms with E-state index in [1.54, 1.807) is 61.5 Å². The third-order valence-corrected chi connectivity index (χ3v) is 6.10. The van der Waals surface area contributed by atoms with Crippen LogP contribution < -0.4 is 9.62 Å². The van der Waals surface area contributed by atoms with Crippen molar-refractivity contribution in [1.29, 1.82) is 0 Å². The smallest absolute Gasteiger partial charge is 0.244 e. The van der Waals surface area contributed by atoms with Crippen molar-refractivity contribution in [2.75, 3.05) is 23.7 Å². The highest BCUT2D eigenvalue weighted by Crippen LogP contribution is 2.19. The summed E-state index contributed by atoms with van der Waals surface area (Å²) in [5.74, 6) is -0.779. The highest BCUT2D eigenvalue weighted by atomic mass is 35.5. The number of rotatable bonds is 10. The standard InChI is InChI=1S/C22H28ClN3O4S/c1-4-14-24-22(28)17(2)25(15-18-10-12-19(23)13-11-18)21(27)16-26(31(3,29)30)20-8-6-5-7-9-20/h5-13,17H,4,14-16H2,1-3H3,(H,24,28). The van der Waals surface area contributed by atoms with Crippen LogP contribution in [-0.4, -0.2) is 50.5 Å². The van der Waals surface area contributed by atoms with Crippen molar-refractivity contribution >= 4 is 39.1 Å². The van der Waals surface area contributed by atoms with E-state index < -0.39 is 28.5 Å². The molecule has 0 radical (unpaired) electrons. The molecule has 168 valence electrons. The molecule has 0 fully saturated rings. The van der Waals surface area contributed by atoms with E-state index in [4.69, 9.17) is 11.6 Å². The van der Waals surface area contributed by atoms with Crippen LogP contribution in [0.5, 0.6) is 0 Å². The van der Waals surface area contributed by atoms with Gasteiger partial charge in [0.1, 0.15) is 12.6 Å². The molecule has 9 heteroatoms. The molecule has 0 heterocycles. The zero-order valence-corrected chi connectivity index (χ0v) is 19.5. The molecule has 0 aliphatic heterocycles. The molecule has 0 saturated carbocycles. The fraction of sp³-hybridized carbons (Fsp3) is 0.364. The number of nitrogens with one attached hydrogen (secondary N) is 1. The first kappa shape index (κ1) is 24.7. The number of benzene rings is 2. The van der Waals surface area contributed by atoms with Crippen LogP contribution in [0.15, 0.2) is 54.6 Å². The highest BCUT2D eigenvalue weighted by Gasteiger charge is 2.29. The van der Waals surface area contributed by atoms with Crippen LogP contribution in [0.25, 0.3) is 0 Å². The van der Waals surface area contributed by atoms with E-state index in [0.29, 0.717) is 17.3 Å². The van der Waals surface area contributed by atoms with Gasteiger partial charge in [-0.05, 0) is 43.2 Å². The van der Waals surface area contributed by atoms with Crippen molar-refractivity contribution in [3.8, 4) is 0 Å². The molecule has 2 aromatic rings. The predicted molar refractivity (Wildman–Crippen MR) is 123 cm³/mol. The third kappa shape index (κ3) is 7.25. The van der Waals surface area contributed by atoms with Gasteiger partial charge in [-0.15, -0.1) is 0 Å². The van der Waals surface area contributed by atoms with E-state index in [9.17, 15) is 18.0 Å². The van der Waals surface area contributed by atoms with Gasteiger partial charge < -0.3 is 10.2 Å². The van der Waals surface area contributed by atoms with Crippen molar-refractivity contribution in [2.45, 2.75) is 32.9 Å². The van der Waals surface area contributed by atoms with Gasteiger partial charge in [-0.1, -0.05) is 48.9 Å². The number of sulfonamides is 1. The number of hydrogen-bond donors (Lipinski definition) is 1. The Morgan fingerprint density at radius 2 is 1.68 bits per heavy atom. The molecular formula is C22H28ClN3O4S. The van der Waals surface area contributed by atoms with Gasteiger partial charge in [0.25, 0.3) is 0 Å². The summed E-state index contributed by atoms with van der Waals surface area (Å²) in [7, 11) is -3.72. The van der Waals surface area contributed by atoms with E-state index in [0.717, 1.165) is 22.5 Å². The fourth-order valence-electron chi connectivity index (χ4n) is 2.97. The lowest BCUT2D eigenvalue weighted by Gasteiger charge is -2.31. The maximum Gasteiger partial charge on any atom is 0.244 e. The van der Waals surface area contributed by atoms with Crippen molar-refractivity contribution in [3.63, 3.8) is 0 Å². The minimum atomic E-state index is -3.72. The first-order valence-corrected chi connectivity index (χ1v) is 12.2. The Morgan fingerprint density at radius 3 is 2.23 bits per heavy atom. The second kappa shape index (κ2) is 11.2. The van der Waals surface area contributed by atoms with E-state index >= 15 is 0 Å².